The van der Waals surface area contributed by atoms with Crippen LogP contribution in [0.25, 0.3) is 77.3 Å². The first-order valence-corrected chi connectivity index (χ1v) is 20.9. The molecule has 0 fully saturated rings. The number of rotatable bonds is 3. The molecular formula is C56H44N2. The molecule has 2 nitrogen and oxygen atoms in total. The maximum absolute atomic E-state index is 3.48. The highest BCUT2D eigenvalue weighted by Crippen LogP contribution is 2.55. The van der Waals surface area contributed by atoms with Crippen LogP contribution in [0.15, 0.2) is 151 Å². The molecule has 2 aromatic heterocycles. The Bertz CT molecular complexity index is 3350. The maximum atomic E-state index is 3.48. The second-order valence-corrected chi connectivity index (χ2v) is 17.8. The molecule has 0 radical (unpaired) electrons. The van der Waals surface area contributed by atoms with Gasteiger partial charge in [-0.1, -0.05) is 156 Å². The van der Waals surface area contributed by atoms with E-state index in [4.69, 9.17) is 0 Å². The first-order chi connectivity index (χ1) is 28.3. The van der Waals surface area contributed by atoms with Gasteiger partial charge in [-0.25, -0.2) is 0 Å². The van der Waals surface area contributed by atoms with E-state index in [0.717, 1.165) is 12.8 Å². The van der Waals surface area contributed by atoms with Gasteiger partial charge in [0.2, 0.25) is 0 Å². The van der Waals surface area contributed by atoms with Crippen molar-refractivity contribution in [2.75, 3.05) is 0 Å². The third-order valence-corrected chi connectivity index (χ3v) is 14.1. The average Bonchev–Trinajstić information content (AvgIpc) is 3.81. The van der Waals surface area contributed by atoms with E-state index >= 15 is 0 Å². The van der Waals surface area contributed by atoms with Crippen LogP contribution in [0.3, 0.4) is 0 Å². The fourth-order valence-electron chi connectivity index (χ4n) is 11.4. The number of fused-ring (bicyclic) bond motifs is 13. The van der Waals surface area contributed by atoms with Crippen molar-refractivity contribution < 1.29 is 0 Å². The van der Waals surface area contributed by atoms with E-state index < -0.39 is 0 Å². The molecule has 1 unspecified atom stereocenters. The van der Waals surface area contributed by atoms with Crippen LogP contribution in [-0.2, 0) is 10.8 Å². The number of aromatic nitrogens is 2. The molecule has 0 saturated carbocycles. The van der Waals surface area contributed by atoms with Crippen molar-refractivity contribution in [3.63, 3.8) is 0 Å². The van der Waals surface area contributed by atoms with Crippen molar-refractivity contribution >= 4 is 60.5 Å². The highest BCUT2D eigenvalue weighted by atomic mass is 15.0. The minimum Gasteiger partial charge on any atom is -0.308 e. The van der Waals surface area contributed by atoms with Crippen molar-refractivity contribution in [3.05, 3.63) is 179 Å². The van der Waals surface area contributed by atoms with Crippen LogP contribution in [0.1, 0.15) is 75.3 Å². The van der Waals surface area contributed by atoms with E-state index in [-0.39, 0.29) is 16.7 Å². The van der Waals surface area contributed by atoms with E-state index in [0.29, 0.717) is 0 Å². The molecular weight excluding hydrogens is 701 g/mol. The molecule has 0 bridgehead atoms. The van der Waals surface area contributed by atoms with Gasteiger partial charge in [-0.2, -0.15) is 0 Å². The van der Waals surface area contributed by atoms with Crippen LogP contribution in [0.5, 0.6) is 0 Å². The van der Waals surface area contributed by atoms with E-state index in [9.17, 15) is 0 Å². The van der Waals surface area contributed by atoms with Crippen LogP contribution in [0.4, 0.5) is 0 Å². The zero-order chi connectivity index (χ0) is 39.1. The first kappa shape index (κ1) is 33.6. The standard InChI is InChI=1S/C56H44N2/c1-34-18-17-29-49(58-47-27-15-11-20-36(47)38-31-33-45-52(54(38)58)39-21-7-6-8-24-42(39)55(45,2)3)50(34)41-23-12-16-28-48(41)57-46-26-14-10-19-35(46)37-30-32-44-51(53(37)57)40-22-9-13-25-43(40)56(44,4)5/h8-17,19-20,22-34H,18,21H2,1-5H3. The predicted octanol–water partition coefficient (Wildman–Crippen LogP) is 14.2. The Morgan fingerprint density at radius 2 is 1.19 bits per heavy atom. The average molecular weight is 745 g/mol. The van der Waals surface area contributed by atoms with Crippen molar-refractivity contribution in [1.29, 1.82) is 0 Å². The Hall–Kier alpha value is -6.56. The summed E-state index contributed by atoms with van der Waals surface area (Å²) < 4.78 is 5.23. The summed E-state index contributed by atoms with van der Waals surface area (Å²) in [4.78, 5) is 0. The van der Waals surface area contributed by atoms with Crippen molar-refractivity contribution in [1.82, 2.24) is 9.13 Å². The van der Waals surface area contributed by atoms with E-state index in [1.807, 2.05) is 0 Å². The fourth-order valence-corrected chi connectivity index (χ4v) is 11.4. The maximum Gasteiger partial charge on any atom is 0.0622 e. The van der Waals surface area contributed by atoms with Gasteiger partial charge >= 0.3 is 0 Å². The molecule has 0 spiro atoms. The molecule has 0 saturated heterocycles. The van der Waals surface area contributed by atoms with E-state index in [2.05, 4.69) is 201 Å². The molecule has 58 heavy (non-hydrogen) atoms. The summed E-state index contributed by atoms with van der Waals surface area (Å²) in [6.45, 7) is 12.0. The number of hydrogen-bond donors (Lipinski definition) is 0. The normalized spacial score (nSPS) is 18.5. The van der Waals surface area contributed by atoms with Crippen LogP contribution in [0.2, 0.25) is 0 Å². The molecule has 12 rings (SSSR count). The van der Waals surface area contributed by atoms with Crippen LogP contribution < -0.4 is 0 Å². The van der Waals surface area contributed by atoms with Crippen LogP contribution in [-0.4, -0.2) is 9.13 Å². The van der Waals surface area contributed by atoms with E-state index in [1.165, 1.54) is 111 Å². The summed E-state index contributed by atoms with van der Waals surface area (Å²) in [6, 6.07) is 45.9. The van der Waals surface area contributed by atoms with Crippen LogP contribution in [0, 0.1) is 17.8 Å². The first-order valence-electron chi connectivity index (χ1n) is 20.9. The highest BCUT2D eigenvalue weighted by molar-refractivity contribution is 6.18. The Morgan fingerprint density at radius 1 is 0.569 bits per heavy atom. The molecule has 4 aliphatic carbocycles. The van der Waals surface area contributed by atoms with Gasteiger partial charge in [0.1, 0.15) is 0 Å². The van der Waals surface area contributed by atoms with Gasteiger partial charge in [0.05, 0.1) is 33.5 Å². The zero-order valence-corrected chi connectivity index (χ0v) is 33.7. The molecule has 4 aliphatic rings. The minimum absolute atomic E-state index is 0.0985. The number of para-hydroxylation sites is 3. The lowest BCUT2D eigenvalue weighted by Crippen LogP contribution is -2.16. The molecule has 1 atom stereocenters. The number of allylic oxidation sites excluding steroid dienone is 8. The largest absolute Gasteiger partial charge is 0.308 e. The minimum atomic E-state index is -0.131. The van der Waals surface area contributed by atoms with Gasteiger partial charge in [-0.05, 0) is 87.7 Å². The number of benzene rings is 6. The van der Waals surface area contributed by atoms with Gasteiger partial charge in [0.15, 0.2) is 0 Å². The summed E-state index contributed by atoms with van der Waals surface area (Å²) >= 11 is 0. The smallest absolute Gasteiger partial charge is 0.0622 e. The lowest BCUT2D eigenvalue weighted by Gasteiger charge is -2.27. The SMILES string of the molecule is CC1CC=CC(n2c3ccccc3c3ccc4c(c32)C2=C(C=CC#CC2)C4(C)C)=C1c1ccccc1-n1c2ccccc2c2ccc3c(c21)-c1ccccc1C3(C)C. The Morgan fingerprint density at radius 3 is 1.95 bits per heavy atom. The molecule has 6 aromatic carbocycles. The lowest BCUT2D eigenvalue weighted by atomic mass is 9.81. The summed E-state index contributed by atoms with van der Waals surface area (Å²) in [5, 5.41) is 5.17. The third kappa shape index (κ3) is 4.24. The van der Waals surface area contributed by atoms with Gasteiger partial charge < -0.3 is 9.13 Å². The van der Waals surface area contributed by atoms with Crippen molar-refractivity contribution in [3.8, 4) is 28.7 Å². The molecule has 0 amide bonds. The lowest BCUT2D eigenvalue weighted by molar-refractivity contribution is 0.654. The molecule has 2 heteroatoms. The monoisotopic (exact) mass is 744 g/mol. The van der Waals surface area contributed by atoms with Crippen molar-refractivity contribution in [2.45, 2.75) is 58.3 Å². The third-order valence-electron chi connectivity index (χ3n) is 14.1. The Labute approximate surface area is 340 Å². The summed E-state index contributed by atoms with van der Waals surface area (Å²) in [5.74, 6) is 7.07. The number of hydrogen-bond acceptors (Lipinski definition) is 0. The molecule has 0 aliphatic heterocycles. The van der Waals surface area contributed by atoms with E-state index in [1.54, 1.807) is 0 Å². The van der Waals surface area contributed by atoms with Gasteiger partial charge in [0, 0.05) is 55.5 Å². The van der Waals surface area contributed by atoms with Crippen LogP contribution >= 0.6 is 0 Å². The topological polar surface area (TPSA) is 9.86 Å². The summed E-state index contributed by atoms with van der Waals surface area (Å²) in [5.41, 5.74) is 21.0. The summed E-state index contributed by atoms with van der Waals surface area (Å²) in [7, 11) is 0. The Balaban J connectivity index is 1.21. The van der Waals surface area contributed by atoms with Gasteiger partial charge in [-0.3, -0.25) is 0 Å². The number of nitrogens with zero attached hydrogens (tertiary/aromatic N) is 2. The van der Waals surface area contributed by atoms with Crippen molar-refractivity contribution in [2.24, 2.45) is 5.92 Å². The highest BCUT2D eigenvalue weighted by Gasteiger charge is 2.40. The molecule has 0 N–H and O–H groups in total. The quantitative estimate of drug-likeness (QED) is 0.159. The van der Waals surface area contributed by atoms with Gasteiger partial charge in [0.25, 0.3) is 0 Å². The summed E-state index contributed by atoms with van der Waals surface area (Å²) in [6.07, 6.45) is 10.9. The Kier molecular flexibility index (Phi) is 6.80. The zero-order valence-electron chi connectivity index (χ0n) is 33.7. The molecule has 278 valence electrons. The second kappa shape index (κ2) is 11.7. The predicted molar refractivity (Wildman–Crippen MR) is 245 cm³/mol. The molecule has 2 heterocycles. The van der Waals surface area contributed by atoms with Gasteiger partial charge in [-0.15, -0.1) is 0 Å². The fraction of sp³-hybridized carbons (Fsp3) is 0.179. The molecule has 8 aromatic rings. The second-order valence-electron chi connectivity index (χ2n) is 17.8.